The Balaban J connectivity index is 0.000000292. The standard InChI is InChI=1S/C5H6N2O2.H2O4S/c1-3-6-4(8)2-5(9)7-3;1-5(2,3)4/h2H,1H3,(H2,6,7,8,9);(H2,1,2,3,4). The monoisotopic (exact) mass is 224 g/mol. The van der Waals surface area contributed by atoms with Gasteiger partial charge in [0.1, 0.15) is 5.82 Å². The zero-order valence-corrected chi connectivity index (χ0v) is 7.82. The maximum Gasteiger partial charge on any atom is 0.394 e. The number of nitrogens with zero attached hydrogens (tertiary/aromatic N) is 1. The van der Waals surface area contributed by atoms with Crippen molar-refractivity contribution in [3.63, 3.8) is 0 Å². The zero-order chi connectivity index (χ0) is 11.4. The molecule has 0 radical (unpaired) electrons. The highest BCUT2D eigenvalue weighted by atomic mass is 32.3. The minimum absolute atomic E-state index is 0.240. The average Bonchev–Trinajstić information content (AvgIpc) is 1.77. The molecule has 1 rings (SSSR count). The van der Waals surface area contributed by atoms with E-state index in [4.69, 9.17) is 22.6 Å². The lowest BCUT2D eigenvalue weighted by molar-refractivity contribution is 0.381. The molecule has 0 aliphatic carbocycles. The topological polar surface area (TPSA) is 141 Å². The number of hydrogen-bond donors (Lipinski definition) is 4. The van der Waals surface area contributed by atoms with Crippen LogP contribution in [0.1, 0.15) is 5.82 Å². The quantitative estimate of drug-likeness (QED) is 0.420. The van der Waals surface area contributed by atoms with Gasteiger partial charge in [-0.15, -0.1) is 0 Å². The number of rotatable bonds is 0. The maximum atomic E-state index is 10.5. The van der Waals surface area contributed by atoms with Gasteiger partial charge >= 0.3 is 10.4 Å². The van der Waals surface area contributed by atoms with Crippen molar-refractivity contribution in [1.82, 2.24) is 9.97 Å². The van der Waals surface area contributed by atoms with Crippen LogP contribution in [-0.2, 0) is 10.4 Å². The third-order valence-corrected chi connectivity index (χ3v) is 0.847. The van der Waals surface area contributed by atoms with Gasteiger partial charge < -0.3 is 10.1 Å². The van der Waals surface area contributed by atoms with Crippen LogP contribution in [0.2, 0.25) is 0 Å². The van der Waals surface area contributed by atoms with Crippen molar-refractivity contribution in [1.29, 1.82) is 0 Å². The van der Waals surface area contributed by atoms with Crippen molar-refractivity contribution in [2.24, 2.45) is 0 Å². The van der Waals surface area contributed by atoms with E-state index in [1.165, 1.54) is 0 Å². The summed E-state index contributed by atoms with van der Waals surface area (Å²) in [4.78, 5) is 16.4. The predicted octanol–water partition coefficient (Wildman–Crippen LogP) is -0.869. The second-order valence-electron chi connectivity index (χ2n) is 2.14. The van der Waals surface area contributed by atoms with Crippen LogP contribution in [0, 0.1) is 6.92 Å². The first-order valence-corrected chi connectivity index (χ1v) is 4.55. The Morgan fingerprint density at radius 2 is 1.86 bits per heavy atom. The van der Waals surface area contributed by atoms with Gasteiger partial charge in [0.2, 0.25) is 5.88 Å². The van der Waals surface area contributed by atoms with Crippen molar-refractivity contribution in [2.45, 2.75) is 6.92 Å². The number of hydrogen-bond acceptors (Lipinski definition) is 5. The summed E-state index contributed by atoms with van der Waals surface area (Å²) in [5.41, 5.74) is -0.333. The van der Waals surface area contributed by atoms with E-state index in [1.54, 1.807) is 6.92 Å². The van der Waals surface area contributed by atoms with E-state index in [2.05, 4.69) is 9.97 Å². The molecule has 80 valence electrons. The summed E-state index contributed by atoms with van der Waals surface area (Å²) in [5, 5.41) is 8.66. The molecule has 1 aromatic heterocycles. The van der Waals surface area contributed by atoms with Gasteiger partial charge in [0.15, 0.2) is 0 Å². The summed E-state index contributed by atoms with van der Waals surface area (Å²) >= 11 is 0. The Bertz CT molecular complexity index is 418. The van der Waals surface area contributed by atoms with Crippen molar-refractivity contribution in [2.75, 3.05) is 0 Å². The maximum absolute atomic E-state index is 10.5. The van der Waals surface area contributed by atoms with Crippen molar-refractivity contribution in [3.05, 3.63) is 22.2 Å². The van der Waals surface area contributed by atoms with Gasteiger partial charge in [0, 0.05) is 0 Å². The zero-order valence-electron chi connectivity index (χ0n) is 7.00. The van der Waals surface area contributed by atoms with E-state index in [0.717, 1.165) is 6.07 Å². The van der Waals surface area contributed by atoms with Gasteiger partial charge in [-0.05, 0) is 6.92 Å². The van der Waals surface area contributed by atoms with E-state index in [1.807, 2.05) is 0 Å². The third-order valence-electron chi connectivity index (χ3n) is 0.847. The summed E-state index contributed by atoms with van der Waals surface area (Å²) in [7, 11) is -4.67. The Labute approximate surface area is 78.8 Å². The summed E-state index contributed by atoms with van der Waals surface area (Å²) in [6.07, 6.45) is 0. The highest BCUT2D eigenvalue weighted by Crippen LogP contribution is 1.94. The summed E-state index contributed by atoms with van der Waals surface area (Å²) in [6.45, 7) is 1.60. The van der Waals surface area contributed by atoms with Crippen molar-refractivity contribution in [3.8, 4) is 5.88 Å². The third kappa shape index (κ3) is 8.64. The molecule has 0 saturated carbocycles. The van der Waals surface area contributed by atoms with Gasteiger partial charge in [0.05, 0.1) is 6.07 Å². The highest BCUT2D eigenvalue weighted by Gasteiger charge is 1.91. The molecule has 0 saturated heterocycles. The molecule has 0 amide bonds. The lowest BCUT2D eigenvalue weighted by atomic mass is 10.6. The lowest BCUT2D eigenvalue weighted by Crippen LogP contribution is -2.06. The SMILES string of the molecule is Cc1nc(O)cc(=O)[nH]1.O=S(=O)(O)O. The molecule has 1 heterocycles. The van der Waals surface area contributed by atoms with Crippen LogP contribution in [0.4, 0.5) is 0 Å². The number of aryl methyl sites for hydroxylation is 1. The fourth-order valence-corrected chi connectivity index (χ4v) is 0.564. The second kappa shape index (κ2) is 4.69. The molecule has 0 spiro atoms. The molecular formula is C5H8N2O6S. The highest BCUT2D eigenvalue weighted by molar-refractivity contribution is 7.79. The minimum atomic E-state index is -4.67. The lowest BCUT2D eigenvalue weighted by Gasteiger charge is -1.89. The summed E-state index contributed by atoms with van der Waals surface area (Å²) in [6, 6.07) is 1.02. The molecule has 0 aliphatic rings. The number of aromatic amines is 1. The van der Waals surface area contributed by atoms with Crippen LogP contribution in [0.3, 0.4) is 0 Å². The fourth-order valence-electron chi connectivity index (χ4n) is 0.564. The van der Waals surface area contributed by atoms with Gasteiger partial charge in [-0.25, -0.2) is 4.98 Å². The van der Waals surface area contributed by atoms with Crippen LogP contribution < -0.4 is 5.56 Å². The van der Waals surface area contributed by atoms with Crippen molar-refractivity contribution < 1.29 is 22.6 Å². The minimum Gasteiger partial charge on any atom is -0.493 e. The molecule has 4 N–H and O–H groups in total. The molecule has 8 nitrogen and oxygen atoms in total. The van der Waals surface area contributed by atoms with E-state index >= 15 is 0 Å². The first kappa shape index (κ1) is 12.6. The van der Waals surface area contributed by atoms with Crippen molar-refractivity contribution >= 4 is 10.4 Å². The smallest absolute Gasteiger partial charge is 0.394 e. The number of nitrogens with one attached hydrogen (secondary N) is 1. The first-order valence-electron chi connectivity index (χ1n) is 3.15. The van der Waals surface area contributed by atoms with Crippen LogP contribution in [-0.4, -0.2) is 32.6 Å². The molecule has 0 aliphatic heterocycles. The van der Waals surface area contributed by atoms with E-state index in [9.17, 15) is 4.79 Å². The van der Waals surface area contributed by atoms with E-state index in [-0.39, 0.29) is 11.4 Å². The molecule has 1 aromatic rings. The molecule has 0 fully saturated rings. The normalized spacial score (nSPS) is 10.2. The van der Waals surface area contributed by atoms with E-state index in [0.29, 0.717) is 5.82 Å². The largest absolute Gasteiger partial charge is 0.493 e. The molecule has 0 bridgehead atoms. The molecular weight excluding hydrogens is 216 g/mol. The van der Waals surface area contributed by atoms with Crippen LogP contribution in [0.5, 0.6) is 5.88 Å². The molecule has 14 heavy (non-hydrogen) atoms. The number of H-pyrrole nitrogens is 1. The van der Waals surface area contributed by atoms with E-state index < -0.39 is 10.4 Å². The molecule has 0 unspecified atom stereocenters. The molecule has 0 atom stereocenters. The average molecular weight is 224 g/mol. The Kier molecular flexibility index (Phi) is 4.21. The second-order valence-corrected chi connectivity index (χ2v) is 3.03. The van der Waals surface area contributed by atoms with Crippen LogP contribution >= 0.6 is 0 Å². The molecule has 9 heteroatoms. The Morgan fingerprint density at radius 3 is 2.14 bits per heavy atom. The summed E-state index contributed by atoms with van der Waals surface area (Å²) < 4.78 is 31.6. The summed E-state index contributed by atoms with van der Waals surface area (Å²) in [5.74, 6) is 0.177. The predicted molar refractivity (Wildman–Crippen MR) is 45.4 cm³/mol. The van der Waals surface area contributed by atoms with Gasteiger partial charge in [-0.2, -0.15) is 8.42 Å². The first-order chi connectivity index (χ1) is 6.18. The Hall–Kier alpha value is -1.45. The number of aromatic hydroxyl groups is 1. The van der Waals surface area contributed by atoms with Gasteiger partial charge in [-0.1, -0.05) is 0 Å². The number of aromatic nitrogens is 2. The van der Waals surface area contributed by atoms with Crippen LogP contribution in [0.15, 0.2) is 10.9 Å². The van der Waals surface area contributed by atoms with Crippen LogP contribution in [0.25, 0.3) is 0 Å². The molecule has 0 aromatic carbocycles. The Morgan fingerprint density at radius 1 is 1.43 bits per heavy atom. The van der Waals surface area contributed by atoms with Gasteiger partial charge in [0.25, 0.3) is 5.56 Å². The fraction of sp³-hybridized carbons (Fsp3) is 0.200. The van der Waals surface area contributed by atoms with Gasteiger partial charge in [-0.3, -0.25) is 13.9 Å².